The van der Waals surface area contributed by atoms with Crippen molar-refractivity contribution in [1.82, 2.24) is 24.9 Å². The minimum Gasteiger partial charge on any atom is -0.507 e. The van der Waals surface area contributed by atoms with Crippen LogP contribution >= 0.6 is 11.3 Å². The van der Waals surface area contributed by atoms with E-state index in [-0.39, 0.29) is 17.4 Å². The molecule has 0 amide bonds. The van der Waals surface area contributed by atoms with Crippen molar-refractivity contribution in [3.63, 3.8) is 0 Å². The standard InChI is InChI=1S/C23H29N5O2S/c1-14-9-17-10-18(13-23(3,12-14)27(17)4)30-22-25-24-21(31-22)19-6-5-16(11-20(19)29)28-8-7-15(2)26-28/h5-8,11,14,17-18,29H,9-10,12-13H2,1-4H3. The molecule has 4 heterocycles. The number of aryl methyl sites for hydroxylation is 1. The first-order valence-electron chi connectivity index (χ1n) is 10.9. The zero-order valence-corrected chi connectivity index (χ0v) is 19.3. The second kappa shape index (κ2) is 7.60. The van der Waals surface area contributed by atoms with Crippen LogP contribution in [0.2, 0.25) is 0 Å². The highest BCUT2D eigenvalue weighted by Crippen LogP contribution is 2.44. The highest BCUT2D eigenvalue weighted by Gasteiger charge is 2.47. The smallest absolute Gasteiger partial charge is 0.294 e. The molecular weight excluding hydrogens is 410 g/mol. The average molecular weight is 440 g/mol. The molecule has 1 N–H and O–H groups in total. The van der Waals surface area contributed by atoms with E-state index in [4.69, 9.17) is 4.74 Å². The molecule has 7 nitrogen and oxygen atoms in total. The van der Waals surface area contributed by atoms with E-state index in [1.54, 1.807) is 10.7 Å². The monoisotopic (exact) mass is 439 g/mol. The molecule has 2 aliphatic rings. The summed E-state index contributed by atoms with van der Waals surface area (Å²) >= 11 is 1.39. The fraction of sp³-hybridized carbons (Fsp3) is 0.522. The maximum atomic E-state index is 10.6. The van der Waals surface area contributed by atoms with Crippen LogP contribution in [0.5, 0.6) is 10.9 Å². The zero-order valence-electron chi connectivity index (χ0n) is 18.4. The number of hydrogen-bond acceptors (Lipinski definition) is 7. The number of fused-ring (bicyclic) bond motifs is 2. The summed E-state index contributed by atoms with van der Waals surface area (Å²) in [4.78, 5) is 2.55. The fourth-order valence-corrected chi connectivity index (χ4v) is 6.20. The molecule has 2 aromatic heterocycles. The van der Waals surface area contributed by atoms with Crippen molar-refractivity contribution in [2.45, 2.75) is 64.1 Å². The van der Waals surface area contributed by atoms with E-state index in [1.165, 1.54) is 24.2 Å². The van der Waals surface area contributed by atoms with Gasteiger partial charge in [0.25, 0.3) is 5.19 Å². The van der Waals surface area contributed by atoms with Gasteiger partial charge in [-0.25, -0.2) is 4.68 Å². The van der Waals surface area contributed by atoms with Crippen LogP contribution in [0.1, 0.15) is 45.2 Å². The molecule has 164 valence electrons. The Morgan fingerprint density at radius 2 is 2.03 bits per heavy atom. The number of benzene rings is 1. The summed E-state index contributed by atoms with van der Waals surface area (Å²) in [7, 11) is 2.26. The zero-order chi connectivity index (χ0) is 21.8. The van der Waals surface area contributed by atoms with E-state index in [0.717, 1.165) is 30.1 Å². The van der Waals surface area contributed by atoms with Gasteiger partial charge in [0.05, 0.1) is 16.9 Å². The van der Waals surface area contributed by atoms with E-state index in [1.807, 2.05) is 31.3 Å². The first-order chi connectivity index (χ1) is 14.8. The summed E-state index contributed by atoms with van der Waals surface area (Å²) in [5.41, 5.74) is 2.56. The molecule has 0 saturated carbocycles. The number of ether oxygens (including phenoxy) is 1. The lowest BCUT2D eigenvalue weighted by Gasteiger charge is -2.55. The van der Waals surface area contributed by atoms with Gasteiger partial charge in [-0.1, -0.05) is 23.4 Å². The van der Waals surface area contributed by atoms with E-state index in [0.29, 0.717) is 21.8 Å². The predicted octanol–water partition coefficient (Wildman–Crippen LogP) is 4.44. The summed E-state index contributed by atoms with van der Waals surface area (Å²) in [5.74, 6) is 0.917. The Balaban J connectivity index is 1.32. The Morgan fingerprint density at radius 3 is 2.74 bits per heavy atom. The molecule has 0 spiro atoms. The van der Waals surface area contributed by atoms with Gasteiger partial charge in [0.15, 0.2) is 5.01 Å². The molecule has 2 bridgehead atoms. The lowest BCUT2D eigenvalue weighted by Crippen LogP contribution is -2.61. The Bertz CT molecular complexity index is 1100. The fourth-order valence-electron chi connectivity index (χ4n) is 5.40. The summed E-state index contributed by atoms with van der Waals surface area (Å²) in [6.07, 6.45) is 6.48. The third kappa shape index (κ3) is 3.83. The van der Waals surface area contributed by atoms with Crippen molar-refractivity contribution in [3.8, 4) is 27.2 Å². The summed E-state index contributed by atoms with van der Waals surface area (Å²) in [6, 6.07) is 7.96. The molecule has 1 aromatic carbocycles. The van der Waals surface area contributed by atoms with Crippen LogP contribution in [0.25, 0.3) is 16.3 Å². The molecule has 8 heteroatoms. The van der Waals surface area contributed by atoms with Crippen LogP contribution in [0.4, 0.5) is 0 Å². The topological polar surface area (TPSA) is 76.3 Å². The Hall–Kier alpha value is -2.45. The molecule has 3 aromatic rings. The van der Waals surface area contributed by atoms with Crippen molar-refractivity contribution < 1.29 is 9.84 Å². The number of aromatic nitrogens is 4. The Morgan fingerprint density at radius 1 is 1.19 bits per heavy atom. The van der Waals surface area contributed by atoms with Gasteiger partial charge in [0.2, 0.25) is 0 Å². The van der Waals surface area contributed by atoms with Crippen molar-refractivity contribution in [2.24, 2.45) is 5.92 Å². The lowest BCUT2D eigenvalue weighted by atomic mass is 9.71. The number of aromatic hydroxyl groups is 1. The molecule has 2 aliphatic heterocycles. The number of phenols is 1. The molecule has 0 aliphatic carbocycles. The predicted molar refractivity (Wildman–Crippen MR) is 121 cm³/mol. The lowest BCUT2D eigenvalue weighted by molar-refractivity contribution is -0.0708. The van der Waals surface area contributed by atoms with Crippen LogP contribution in [0, 0.1) is 12.8 Å². The Labute approximate surface area is 186 Å². The van der Waals surface area contributed by atoms with Crippen molar-refractivity contribution in [1.29, 1.82) is 0 Å². The minimum absolute atomic E-state index is 0.151. The number of nitrogens with zero attached hydrogens (tertiary/aromatic N) is 5. The quantitative estimate of drug-likeness (QED) is 0.648. The van der Waals surface area contributed by atoms with Gasteiger partial charge < -0.3 is 9.84 Å². The summed E-state index contributed by atoms with van der Waals surface area (Å²) < 4.78 is 8.04. The van der Waals surface area contributed by atoms with Crippen LogP contribution in [-0.2, 0) is 0 Å². The second-order valence-electron chi connectivity index (χ2n) is 9.46. The third-order valence-electron chi connectivity index (χ3n) is 6.94. The van der Waals surface area contributed by atoms with E-state index in [9.17, 15) is 5.11 Å². The van der Waals surface area contributed by atoms with Crippen LogP contribution in [-0.4, -0.2) is 54.7 Å². The second-order valence-corrected chi connectivity index (χ2v) is 10.4. The number of phenolic OH excluding ortho intramolecular Hbond substituents is 1. The Kier molecular flexibility index (Phi) is 5.01. The average Bonchev–Trinajstić information content (AvgIpc) is 3.33. The van der Waals surface area contributed by atoms with Crippen LogP contribution in [0.15, 0.2) is 30.5 Å². The van der Waals surface area contributed by atoms with Gasteiger partial charge in [0.1, 0.15) is 11.9 Å². The molecule has 4 unspecified atom stereocenters. The highest BCUT2D eigenvalue weighted by atomic mass is 32.1. The number of piperidine rings is 2. The van der Waals surface area contributed by atoms with E-state index >= 15 is 0 Å². The SMILES string of the molecule is Cc1ccn(-c2ccc(-c3nnc(OC4CC5CC(C)CC(C)(C4)N5C)s3)c(O)c2)n1. The van der Waals surface area contributed by atoms with Gasteiger partial charge in [-0.05, 0) is 57.9 Å². The van der Waals surface area contributed by atoms with Gasteiger partial charge in [-0.2, -0.15) is 5.10 Å². The first-order valence-corrected chi connectivity index (χ1v) is 11.7. The number of hydrogen-bond donors (Lipinski definition) is 1. The van der Waals surface area contributed by atoms with E-state index < -0.39 is 0 Å². The maximum absolute atomic E-state index is 10.6. The number of rotatable bonds is 4. The molecule has 5 rings (SSSR count). The normalized spacial score (nSPS) is 28.6. The molecule has 2 fully saturated rings. The molecule has 4 atom stereocenters. The summed E-state index contributed by atoms with van der Waals surface area (Å²) in [5, 5.41) is 24.8. The minimum atomic E-state index is 0.151. The molecule has 2 saturated heterocycles. The van der Waals surface area contributed by atoms with Crippen LogP contribution < -0.4 is 4.74 Å². The van der Waals surface area contributed by atoms with Gasteiger partial charge >= 0.3 is 0 Å². The third-order valence-corrected chi connectivity index (χ3v) is 7.78. The molecule has 0 radical (unpaired) electrons. The summed E-state index contributed by atoms with van der Waals surface area (Å²) in [6.45, 7) is 6.66. The van der Waals surface area contributed by atoms with Gasteiger partial charge in [0, 0.05) is 36.7 Å². The maximum Gasteiger partial charge on any atom is 0.294 e. The largest absolute Gasteiger partial charge is 0.507 e. The van der Waals surface area contributed by atoms with E-state index in [2.05, 4.69) is 41.1 Å². The molecular formula is C23H29N5O2S. The van der Waals surface area contributed by atoms with Crippen molar-refractivity contribution in [2.75, 3.05) is 7.05 Å². The first kappa shape index (κ1) is 20.5. The molecule has 31 heavy (non-hydrogen) atoms. The van der Waals surface area contributed by atoms with Crippen LogP contribution in [0.3, 0.4) is 0 Å². The highest BCUT2D eigenvalue weighted by molar-refractivity contribution is 7.16. The van der Waals surface area contributed by atoms with Crippen molar-refractivity contribution >= 4 is 11.3 Å². The van der Waals surface area contributed by atoms with Gasteiger partial charge in [-0.15, -0.1) is 5.10 Å². The van der Waals surface area contributed by atoms with Gasteiger partial charge in [-0.3, -0.25) is 4.90 Å². The van der Waals surface area contributed by atoms with Crippen molar-refractivity contribution in [3.05, 3.63) is 36.2 Å².